The highest BCUT2D eigenvalue weighted by atomic mass is 35.5. The van der Waals surface area contributed by atoms with Gasteiger partial charge in [-0.25, -0.2) is 4.39 Å². The van der Waals surface area contributed by atoms with Crippen molar-refractivity contribution >= 4 is 23.2 Å². The number of benzene rings is 1. The number of halogens is 2. The van der Waals surface area contributed by atoms with Crippen LogP contribution in [0.25, 0.3) is 0 Å². The van der Waals surface area contributed by atoms with Crippen molar-refractivity contribution < 1.29 is 9.18 Å². The van der Waals surface area contributed by atoms with E-state index in [2.05, 4.69) is 5.32 Å². The Hall–Kier alpha value is -1.60. The first-order chi connectivity index (χ1) is 7.90. The van der Waals surface area contributed by atoms with Crippen molar-refractivity contribution in [3.05, 3.63) is 29.6 Å². The van der Waals surface area contributed by atoms with Gasteiger partial charge in [0.05, 0.1) is 16.7 Å². The fourth-order valence-electron chi connectivity index (χ4n) is 1.07. The van der Waals surface area contributed by atoms with E-state index in [0.717, 1.165) is 6.07 Å². The minimum atomic E-state index is -0.747. The molecule has 0 aliphatic rings. The molecule has 0 heterocycles. The highest BCUT2D eigenvalue weighted by Crippen LogP contribution is 2.22. The van der Waals surface area contributed by atoms with E-state index in [9.17, 15) is 9.18 Å². The summed E-state index contributed by atoms with van der Waals surface area (Å²) in [6.45, 7) is 3.37. The molecule has 5 heteroatoms. The number of nitrogens with zero attached hydrogens (tertiary/aromatic N) is 1. The van der Waals surface area contributed by atoms with E-state index in [1.807, 2.05) is 6.07 Å². The number of amides is 1. The van der Waals surface area contributed by atoms with Crippen LogP contribution in [0.15, 0.2) is 18.2 Å². The molecule has 0 spiro atoms. The lowest BCUT2D eigenvalue weighted by Gasteiger charge is -2.20. The Labute approximate surface area is 104 Å². The summed E-state index contributed by atoms with van der Waals surface area (Å²) in [5, 5.41) is 11.4. The zero-order valence-electron chi connectivity index (χ0n) is 9.55. The Morgan fingerprint density at radius 1 is 1.59 bits per heavy atom. The Morgan fingerprint density at radius 2 is 2.24 bits per heavy atom. The van der Waals surface area contributed by atoms with Crippen LogP contribution in [-0.4, -0.2) is 11.8 Å². The summed E-state index contributed by atoms with van der Waals surface area (Å²) in [6, 6.07) is 5.44. The maximum atomic E-state index is 12.9. The summed E-state index contributed by atoms with van der Waals surface area (Å²) in [6.07, 6.45) is 0. The van der Waals surface area contributed by atoms with Crippen molar-refractivity contribution in [2.75, 3.05) is 11.2 Å². The SMILES string of the molecule is CC(C)(CCl)C(=O)Nc1ccc(F)cc1C#N. The highest BCUT2D eigenvalue weighted by Gasteiger charge is 2.27. The zero-order valence-corrected chi connectivity index (χ0v) is 10.3. The van der Waals surface area contributed by atoms with Gasteiger partial charge in [-0.05, 0) is 32.0 Å². The third kappa shape index (κ3) is 3.18. The molecule has 0 saturated heterocycles. The lowest BCUT2D eigenvalue weighted by molar-refractivity contribution is -0.122. The number of carbonyl (C=O) groups excluding carboxylic acids is 1. The smallest absolute Gasteiger partial charge is 0.231 e. The molecule has 1 aromatic rings. The van der Waals surface area contributed by atoms with Gasteiger partial charge in [-0.3, -0.25) is 4.79 Å². The van der Waals surface area contributed by atoms with Crippen LogP contribution in [0.5, 0.6) is 0 Å². The van der Waals surface area contributed by atoms with E-state index in [1.165, 1.54) is 12.1 Å². The molecule has 1 N–H and O–H groups in total. The molecule has 0 bridgehead atoms. The van der Waals surface area contributed by atoms with E-state index in [4.69, 9.17) is 16.9 Å². The molecule has 1 aromatic carbocycles. The number of rotatable bonds is 3. The monoisotopic (exact) mass is 254 g/mol. The average molecular weight is 255 g/mol. The lowest BCUT2D eigenvalue weighted by atomic mass is 9.95. The number of hydrogen-bond donors (Lipinski definition) is 1. The summed E-state index contributed by atoms with van der Waals surface area (Å²) in [7, 11) is 0. The third-order valence-corrected chi connectivity index (χ3v) is 2.97. The van der Waals surface area contributed by atoms with Crippen molar-refractivity contribution in [3.63, 3.8) is 0 Å². The third-order valence-electron chi connectivity index (χ3n) is 2.30. The first-order valence-corrected chi connectivity index (χ1v) is 5.51. The van der Waals surface area contributed by atoms with Crippen molar-refractivity contribution in [3.8, 4) is 6.07 Å². The van der Waals surface area contributed by atoms with Crippen molar-refractivity contribution in [1.82, 2.24) is 0 Å². The van der Waals surface area contributed by atoms with Gasteiger partial charge < -0.3 is 5.32 Å². The second-order valence-electron chi connectivity index (χ2n) is 4.27. The minimum absolute atomic E-state index is 0.0868. The summed E-state index contributed by atoms with van der Waals surface area (Å²) in [5.74, 6) is -0.672. The number of hydrogen-bond acceptors (Lipinski definition) is 2. The van der Waals surface area contributed by atoms with E-state index in [-0.39, 0.29) is 23.0 Å². The Morgan fingerprint density at radius 3 is 2.76 bits per heavy atom. The molecule has 1 rings (SSSR count). The second kappa shape index (κ2) is 5.15. The van der Waals surface area contributed by atoms with Crippen LogP contribution in [0, 0.1) is 22.6 Å². The topological polar surface area (TPSA) is 52.9 Å². The van der Waals surface area contributed by atoms with Crippen LogP contribution in [0.1, 0.15) is 19.4 Å². The van der Waals surface area contributed by atoms with Gasteiger partial charge in [-0.15, -0.1) is 11.6 Å². The number of anilines is 1. The average Bonchev–Trinajstić information content (AvgIpc) is 2.31. The fraction of sp³-hybridized carbons (Fsp3) is 0.333. The van der Waals surface area contributed by atoms with Gasteiger partial charge in [-0.1, -0.05) is 0 Å². The van der Waals surface area contributed by atoms with Crippen molar-refractivity contribution in [2.45, 2.75) is 13.8 Å². The molecule has 3 nitrogen and oxygen atoms in total. The van der Waals surface area contributed by atoms with Gasteiger partial charge in [0.2, 0.25) is 5.91 Å². The molecule has 0 saturated carbocycles. The molecule has 0 aliphatic heterocycles. The van der Waals surface area contributed by atoms with E-state index in [0.29, 0.717) is 0 Å². The van der Waals surface area contributed by atoms with Crippen LogP contribution in [-0.2, 0) is 4.79 Å². The number of nitrogens with one attached hydrogen (secondary N) is 1. The zero-order chi connectivity index (χ0) is 13.1. The molecule has 0 atom stereocenters. The predicted octanol–water partition coefficient (Wildman–Crippen LogP) is 2.90. The largest absolute Gasteiger partial charge is 0.324 e. The molecular formula is C12H12ClFN2O. The number of carbonyl (C=O) groups is 1. The molecule has 0 radical (unpaired) electrons. The first kappa shape index (κ1) is 13.5. The molecule has 0 fully saturated rings. The van der Waals surface area contributed by atoms with Crippen LogP contribution in [0.4, 0.5) is 10.1 Å². The van der Waals surface area contributed by atoms with Crippen LogP contribution in [0.2, 0.25) is 0 Å². The molecular weight excluding hydrogens is 243 g/mol. The lowest BCUT2D eigenvalue weighted by Crippen LogP contribution is -2.32. The highest BCUT2D eigenvalue weighted by molar-refractivity contribution is 6.20. The summed E-state index contributed by atoms with van der Waals surface area (Å²) in [4.78, 5) is 11.8. The molecule has 0 aliphatic carbocycles. The van der Waals surface area contributed by atoms with E-state index in [1.54, 1.807) is 13.8 Å². The molecule has 1 amide bonds. The second-order valence-corrected chi connectivity index (χ2v) is 4.54. The van der Waals surface area contributed by atoms with Gasteiger partial charge in [0.25, 0.3) is 0 Å². The Bertz CT molecular complexity index is 480. The molecule has 0 unspecified atom stereocenters. The molecule has 0 aromatic heterocycles. The van der Waals surface area contributed by atoms with Crippen LogP contribution >= 0.6 is 11.6 Å². The Balaban J connectivity index is 2.97. The number of alkyl halides is 1. The summed E-state index contributed by atoms with van der Waals surface area (Å²) in [5.41, 5.74) is -0.372. The van der Waals surface area contributed by atoms with Gasteiger partial charge in [-0.2, -0.15) is 5.26 Å². The predicted molar refractivity (Wildman–Crippen MR) is 64.2 cm³/mol. The van der Waals surface area contributed by atoms with E-state index >= 15 is 0 Å². The number of nitriles is 1. The van der Waals surface area contributed by atoms with Crippen molar-refractivity contribution in [2.24, 2.45) is 5.41 Å². The van der Waals surface area contributed by atoms with Gasteiger partial charge in [0.15, 0.2) is 0 Å². The maximum absolute atomic E-state index is 12.9. The summed E-state index contributed by atoms with van der Waals surface area (Å²) < 4.78 is 12.9. The minimum Gasteiger partial charge on any atom is -0.324 e. The quantitative estimate of drug-likeness (QED) is 0.844. The normalized spacial score (nSPS) is 10.8. The van der Waals surface area contributed by atoms with Crippen molar-refractivity contribution in [1.29, 1.82) is 5.26 Å². The van der Waals surface area contributed by atoms with E-state index < -0.39 is 11.2 Å². The summed E-state index contributed by atoms with van der Waals surface area (Å²) >= 11 is 5.67. The maximum Gasteiger partial charge on any atom is 0.231 e. The van der Waals surface area contributed by atoms with Crippen LogP contribution < -0.4 is 5.32 Å². The Kier molecular flexibility index (Phi) is 4.08. The van der Waals surface area contributed by atoms with Gasteiger partial charge in [0, 0.05) is 5.88 Å². The first-order valence-electron chi connectivity index (χ1n) is 4.98. The van der Waals surface area contributed by atoms with Gasteiger partial charge in [0.1, 0.15) is 11.9 Å². The van der Waals surface area contributed by atoms with Crippen LogP contribution in [0.3, 0.4) is 0 Å². The molecule has 90 valence electrons. The standard InChI is InChI=1S/C12H12ClFN2O/c1-12(2,7-13)11(17)16-10-4-3-9(14)5-8(10)6-15/h3-5H,7H2,1-2H3,(H,16,17). The fourth-order valence-corrected chi connectivity index (χ4v) is 1.19. The molecule has 17 heavy (non-hydrogen) atoms. The van der Waals surface area contributed by atoms with Gasteiger partial charge >= 0.3 is 0 Å².